The fraction of sp³-hybridized carbons (Fsp3) is 0.600. The van der Waals surface area contributed by atoms with Crippen LogP contribution in [0.15, 0.2) is 12.1 Å². The van der Waals surface area contributed by atoms with E-state index in [1.54, 1.807) is 0 Å². The van der Waals surface area contributed by atoms with Gasteiger partial charge in [0.15, 0.2) is 17.5 Å². The Morgan fingerprint density at radius 3 is 2.05 bits per heavy atom. The van der Waals surface area contributed by atoms with Crippen molar-refractivity contribution in [2.75, 3.05) is 6.54 Å². The molecule has 0 radical (unpaired) electrons. The molecule has 1 aromatic carbocycles. The fourth-order valence-electron chi connectivity index (χ4n) is 1.99. The minimum Gasteiger partial charge on any atom is -0.310 e. The van der Waals surface area contributed by atoms with Gasteiger partial charge >= 0.3 is 0 Å². The first kappa shape index (κ1) is 16.0. The van der Waals surface area contributed by atoms with Gasteiger partial charge in [-0.15, -0.1) is 0 Å². The van der Waals surface area contributed by atoms with Crippen molar-refractivity contribution in [3.05, 3.63) is 35.1 Å². The van der Waals surface area contributed by atoms with Gasteiger partial charge < -0.3 is 5.32 Å². The van der Waals surface area contributed by atoms with E-state index >= 15 is 0 Å². The molecule has 0 amide bonds. The lowest BCUT2D eigenvalue weighted by Crippen LogP contribution is -2.23. The van der Waals surface area contributed by atoms with Crippen LogP contribution in [-0.4, -0.2) is 6.54 Å². The van der Waals surface area contributed by atoms with Crippen LogP contribution in [0.3, 0.4) is 0 Å². The van der Waals surface area contributed by atoms with Gasteiger partial charge in [-0.2, -0.15) is 0 Å². The molecule has 0 heterocycles. The summed E-state index contributed by atoms with van der Waals surface area (Å²) >= 11 is 0. The van der Waals surface area contributed by atoms with E-state index in [2.05, 4.69) is 26.1 Å². The van der Waals surface area contributed by atoms with Gasteiger partial charge in [-0.05, 0) is 42.5 Å². The summed E-state index contributed by atoms with van der Waals surface area (Å²) in [5.74, 6) is -3.67. The third-order valence-electron chi connectivity index (χ3n) is 3.04. The molecule has 19 heavy (non-hydrogen) atoms. The first-order chi connectivity index (χ1) is 8.74. The van der Waals surface area contributed by atoms with E-state index in [0.29, 0.717) is 12.1 Å². The Labute approximate surface area is 113 Å². The lowest BCUT2D eigenvalue weighted by atomic mass is 9.87. The average molecular weight is 273 g/mol. The van der Waals surface area contributed by atoms with Crippen molar-refractivity contribution in [1.82, 2.24) is 5.32 Å². The van der Waals surface area contributed by atoms with Gasteiger partial charge in [0.2, 0.25) is 0 Å². The van der Waals surface area contributed by atoms with E-state index in [-0.39, 0.29) is 11.5 Å². The van der Waals surface area contributed by atoms with Gasteiger partial charge in [0.25, 0.3) is 0 Å². The van der Waals surface area contributed by atoms with Crippen LogP contribution in [-0.2, 0) is 0 Å². The summed E-state index contributed by atoms with van der Waals surface area (Å²) < 4.78 is 39.5. The molecule has 0 spiro atoms. The average Bonchev–Trinajstić information content (AvgIpc) is 2.29. The number of halogens is 3. The molecule has 0 bridgehead atoms. The van der Waals surface area contributed by atoms with Gasteiger partial charge in [0.1, 0.15) is 0 Å². The van der Waals surface area contributed by atoms with Crippen LogP contribution < -0.4 is 5.32 Å². The van der Waals surface area contributed by atoms with E-state index in [9.17, 15) is 13.2 Å². The van der Waals surface area contributed by atoms with Crippen LogP contribution in [0, 0.1) is 22.9 Å². The topological polar surface area (TPSA) is 12.0 Å². The van der Waals surface area contributed by atoms with Crippen molar-refractivity contribution in [1.29, 1.82) is 0 Å². The van der Waals surface area contributed by atoms with Crippen LogP contribution >= 0.6 is 0 Å². The number of benzene rings is 1. The third-order valence-corrected chi connectivity index (χ3v) is 3.04. The van der Waals surface area contributed by atoms with Gasteiger partial charge in [0.05, 0.1) is 0 Å². The fourth-order valence-corrected chi connectivity index (χ4v) is 1.99. The van der Waals surface area contributed by atoms with Crippen LogP contribution in [0.25, 0.3) is 0 Å². The summed E-state index contributed by atoms with van der Waals surface area (Å²) in [6.07, 6.45) is 1.66. The molecule has 1 atom stereocenters. The van der Waals surface area contributed by atoms with Gasteiger partial charge in [-0.25, -0.2) is 13.2 Å². The summed E-state index contributed by atoms with van der Waals surface area (Å²) in [6, 6.07) is 2.00. The monoisotopic (exact) mass is 273 g/mol. The van der Waals surface area contributed by atoms with Crippen LogP contribution in [0.4, 0.5) is 13.2 Å². The third kappa shape index (κ3) is 4.86. The Morgan fingerprint density at radius 2 is 1.63 bits per heavy atom. The number of hydrogen-bond donors (Lipinski definition) is 1. The van der Waals surface area contributed by atoms with Crippen molar-refractivity contribution in [3.63, 3.8) is 0 Å². The highest BCUT2D eigenvalue weighted by Gasteiger charge is 2.19. The minimum absolute atomic E-state index is 0.144. The van der Waals surface area contributed by atoms with E-state index < -0.39 is 17.5 Å². The highest BCUT2D eigenvalue weighted by atomic mass is 19.2. The summed E-state index contributed by atoms with van der Waals surface area (Å²) in [6.45, 7) is 8.96. The Balaban J connectivity index is 2.92. The standard InChI is InChI=1S/C15H22F3N/c1-5-19-13(6-7-15(2,3)4)10-8-11(16)14(18)12(17)9-10/h8-9,13,19H,5-7H2,1-4H3. The van der Waals surface area contributed by atoms with Crippen molar-refractivity contribution >= 4 is 0 Å². The SMILES string of the molecule is CCNC(CCC(C)(C)C)c1cc(F)c(F)c(F)c1. The lowest BCUT2D eigenvalue weighted by molar-refractivity contribution is 0.332. The molecule has 0 aliphatic rings. The second-order valence-corrected chi connectivity index (χ2v) is 6.01. The molecule has 108 valence electrons. The molecule has 1 aromatic rings. The zero-order chi connectivity index (χ0) is 14.6. The first-order valence-electron chi connectivity index (χ1n) is 6.62. The van der Waals surface area contributed by atoms with Crippen molar-refractivity contribution in [2.45, 2.75) is 46.6 Å². The summed E-state index contributed by atoms with van der Waals surface area (Å²) in [5.41, 5.74) is 0.604. The molecule has 1 nitrogen and oxygen atoms in total. The molecule has 1 unspecified atom stereocenters. The largest absolute Gasteiger partial charge is 0.310 e. The maximum Gasteiger partial charge on any atom is 0.194 e. The quantitative estimate of drug-likeness (QED) is 0.774. The predicted molar refractivity (Wildman–Crippen MR) is 71.4 cm³/mol. The first-order valence-corrected chi connectivity index (χ1v) is 6.62. The van der Waals surface area contributed by atoms with Gasteiger partial charge in [-0.1, -0.05) is 27.7 Å². The van der Waals surface area contributed by atoms with E-state index in [0.717, 1.165) is 25.0 Å². The lowest BCUT2D eigenvalue weighted by Gasteiger charge is -2.24. The van der Waals surface area contributed by atoms with Crippen molar-refractivity contribution in [2.24, 2.45) is 5.41 Å². The van der Waals surface area contributed by atoms with E-state index in [1.807, 2.05) is 6.92 Å². The predicted octanol–water partition coefficient (Wildman–Crippen LogP) is 4.58. The van der Waals surface area contributed by atoms with Crippen molar-refractivity contribution < 1.29 is 13.2 Å². The highest BCUT2D eigenvalue weighted by molar-refractivity contribution is 5.22. The number of hydrogen-bond acceptors (Lipinski definition) is 1. The second kappa shape index (κ2) is 6.42. The van der Waals surface area contributed by atoms with Crippen molar-refractivity contribution in [3.8, 4) is 0 Å². The Morgan fingerprint density at radius 1 is 1.11 bits per heavy atom. The maximum absolute atomic E-state index is 13.3. The Bertz CT molecular complexity index is 401. The molecule has 0 aliphatic carbocycles. The Hall–Kier alpha value is -1.03. The van der Waals surface area contributed by atoms with Gasteiger partial charge in [0, 0.05) is 6.04 Å². The molecular formula is C15H22F3N. The molecule has 0 saturated carbocycles. The van der Waals surface area contributed by atoms with Crippen LogP contribution in [0.1, 0.15) is 52.1 Å². The molecule has 4 heteroatoms. The smallest absolute Gasteiger partial charge is 0.194 e. The van der Waals surface area contributed by atoms with E-state index in [1.165, 1.54) is 0 Å². The van der Waals surface area contributed by atoms with E-state index in [4.69, 9.17) is 0 Å². The summed E-state index contributed by atoms with van der Waals surface area (Å²) in [7, 11) is 0. The molecule has 1 rings (SSSR count). The van der Waals surface area contributed by atoms with Crippen LogP contribution in [0.2, 0.25) is 0 Å². The zero-order valence-electron chi connectivity index (χ0n) is 12.0. The second-order valence-electron chi connectivity index (χ2n) is 6.01. The molecular weight excluding hydrogens is 251 g/mol. The Kier molecular flexibility index (Phi) is 5.41. The minimum atomic E-state index is -1.41. The highest BCUT2D eigenvalue weighted by Crippen LogP contribution is 2.28. The molecule has 1 N–H and O–H groups in total. The molecule has 0 aromatic heterocycles. The molecule has 0 fully saturated rings. The van der Waals surface area contributed by atoms with Gasteiger partial charge in [-0.3, -0.25) is 0 Å². The number of nitrogens with one attached hydrogen (secondary N) is 1. The summed E-state index contributed by atoms with van der Waals surface area (Å²) in [5, 5.41) is 3.19. The number of rotatable bonds is 5. The van der Waals surface area contributed by atoms with Crippen LogP contribution in [0.5, 0.6) is 0 Å². The molecule has 0 aliphatic heterocycles. The maximum atomic E-state index is 13.3. The normalized spacial score (nSPS) is 13.6. The zero-order valence-corrected chi connectivity index (χ0v) is 12.0. The summed E-state index contributed by atoms with van der Waals surface area (Å²) in [4.78, 5) is 0. The molecule has 0 saturated heterocycles.